The Morgan fingerprint density at radius 3 is 2.54 bits per heavy atom. The predicted molar refractivity (Wildman–Crippen MR) is 109 cm³/mol. The van der Waals surface area contributed by atoms with Gasteiger partial charge < -0.3 is 20.1 Å². The number of hydrogen-bond donors (Lipinski definition) is 2. The van der Waals surface area contributed by atoms with Crippen LogP contribution in [0.1, 0.15) is 19.3 Å². The fourth-order valence-electron chi connectivity index (χ4n) is 4.28. The summed E-state index contributed by atoms with van der Waals surface area (Å²) in [7, 11) is 0. The molecule has 5 rings (SSSR count). The number of anilines is 1. The summed E-state index contributed by atoms with van der Waals surface area (Å²) >= 11 is 1.63. The number of benzene rings is 2. The summed E-state index contributed by atoms with van der Waals surface area (Å²) in [4.78, 5) is 15.1. The van der Waals surface area contributed by atoms with Crippen LogP contribution in [0.5, 0.6) is 11.5 Å². The van der Waals surface area contributed by atoms with E-state index in [4.69, 9.17) is 9.47 Å². The predicted octanol–water partition coefficient (Wildman–Crippen LogP) is 3.94. The molecule has 1 aliphatic carbocycles. The zero-order valence-electron chi connectivity index (χ0n) is 15.7. The Balaban J connectivity index is 1.40. The molecule has 0 aromatic heterocycles. The molecule has 28 heavy (non-hydrogen) atoms. The first-order chi connectivity index (χ1) is 13.7. The van der Waals surface area contributed by atoms with Gasteiger partial charge in [0.1, 0.15) is 13.2 Å². The summed E-state index contributed by atoms with van der Waals surface area (Å²) in [5.74, 6) is 1.70. The van der Waals surface area contributed by atoms with Gasteiger partial charge in [0.15, 0.2) is 11.5 Å². The van der Waals surface area contributed by atoms with Crippen molar-refractivity contribution in [3.8, 4) is 11.5 Å². The largest absolute Gasteiger partial charge is 0.486 e. The van der Waals surface area contributed by atoms with Crippen molar-refractivity contribution in [3.63, 3.8) is 0 Å². The van der Waals surface area contributed by atoms with Gasteiger partial charge in [-0.05, 0) is 49.9 Å². The van der Waals surface area contributed by atoms with E-state index in [9.17, 15) is 4.79 Å². The van der Waals surface area contributed by atoms with Crippen LogP contribution in [-0.4, -0.2) is 32.2 Å². The maximum Gasteiger partial charge on any atom is 0.228 e. The number of amides is 1. The molecular formula is C22H24N2O3S. The molecule has 2 aromatic rings. The summed E-state index contributed by atoms with van der Waals surface area (Å²) < 4.78 is 11.5. The smallest absolute Gasteiger partial charge is 0.228 e. The summed E-state index contributed by atoms with van der Waals surface area (Å²) in [5, 5.41) is 6.59. The zero-order valence-corrected chi connectivity index (χ0v) is 16.5. The molecule has 2 N–H and O–H groups in total. The Morgan fingerprint density at radius 2 is 1.79 bits per heavy atom. The van der Waals surface area contributed by atoms with Crippen LogP contribution >= 0.6 is 11.8 Å². The van der Waals surface area contributed by atoms with Crippen LogP contribution in [0.3, 0.4) is 0 Å². The van der Waals surface area contributed by atoms with Gasteiger partial charge in [-0.15, -0.1) is 0 Å². The maximum atomic E-state index is 13.0. The van der Waals surface area contributed by atoms with E-state index in [0.717, 1.165) is 53.6 Å². The summed E-state index contributed by atoms with van der Waals surface area (Å²) in [6.45, 7) is 3.11. The van der Waals surface area contributed by atoms with Gasteiger partial charge in [0.05, 0.1) is 5.69 Å². The molecule has 6 heteroatoms. The van der Waals surface area contributed by atoms with Crippen molar-refractivity contribution >= 4 is 23.4 Å². The monoisotopic (exact) mass is 396 g/mol. The third kappa shape index (κ3) is 3.47. The lowest BCUT2D eigenvalue weighted by Gasteiger charge is -2.24. The number of piperidine rings is 1. The second kappa shape index (κ2) is 7.33. The van der Waals surface area contributed by atoms with Gasteiger partial charge in [-0.1, -0.05) is 30.0 Å². The van der Waals surface area contributed by atoms with Crippen LogP contribution in [0.4, 0.5) is 5.69 Å². The minimum Gasteiger partial charge on any atom is -0.486 e. The number of fused-ring (bicyclic) bond motifs is 1. The van der Waals surface area contributed by atoms with Crippen LogP contribution in [0.25, 0.3) is 0 Å². The molecular weight excluding hydrogens is 372 g/mol. The number of carbonyl (C=O) groups is 1. The van der Waals surface area contributed by atoms with E-state index in [2.05, 4.69) is 22.8 Å². The quantitative estimate of drug-likeness (QED) is 0.820. The Kier molecular flexibility index (Phi) is 4.69. The molecule has 1 spiro atoms. The first kappa shape index (κ1) is 17.9. The number of nitrogens with one attached hydrogen (secondary N) is 2. The second-order valence-corrected chi connectivity index (χ2v) is 8.88. The maximum absolute atomic E-state index is 13.0. The van der Waals surface area contributed by atoms with E-state index >= 15 is 0 Å². The summed E-state index contributed by atoms with van der Waals surface area (Å²) in [6, 6.07) is 14.1. The molecule has 2 aromatic carbocycles. The van der Waals surface area contributed by atoms with Crippen molar-refractivity contribution in [2.45, 2.75) is 29.1 Å². The van der Waals surface area contributed by atoms with Gasteiger partial charge in [0.2, 0.25) is 5.91 Å². The molecule has 0 bridgehead atoms. The molecule has 1 saturated heterocycles. The Hall–Kier alpha value is -2.18. The molecule has 5 nitrogen and oxygen atoms in total. The van der Waals surface area contributed by atoms with Crippen LogP contribution in [0, 0.1) is 11.3 Å². The van der Waals surface area contributed by atoms with Crippen LogP contribution in [-0.2, 0) is 4.79 Å². The second-order valence-electron chi connectivity index (χ2n) is 7.77. The first-order valence-electron chi connectivity index (χ1n) is 9.92. The first-order valence-corrected chi connectivity index (χ1v) is 10.7. The van der Waals surface area contributed by atoms with E-state index in [1.54, 1.807) is 11.8 Å². The lowest BCUT2D eigenvalue weighted by Crippen LogP contribution is -2.31. The minimum atomic E-state index is 0.123. The highest BCUT2D eigenvalue weighted by Gasteiger charge is 2.57. The number of hydrogen-bond acceptors (Lipinski definition) is 5. The van der Waals surface area contributed by atoms with E-state index in [1.165, 1.54) is 0 Å². The highest BCUT2D eigenvalue weighted by atomic mass is 32.2. The standard InChI is InChI=1S/C22H24N2O3S/c25-21(16-14-22(16)6-8-23-9-7-22)24-17-12-18-19(27-11-10-26-18)13-20(17)28-15-4-2-1-3-5-15/h1-5,12-13,16,23H,6-11,14H2,(H,24,25). The van der Waals surface area contributed by atoms with E-state index in [-0.39, 0.29) is 17.2 Å². The Bertz CT molecular complexity index is 881. The molecule has 146 valence electrons. The van der Waals surface area contributed by atoms with Crippen molar-refractivity contribution in [2.24, 2.45) is 11.3 Å². The van der Waals surface area contributed by atoms with E-state index < -0.39 is 0 Å². The molecule has 0 radical (unpaired) electrons. The van der Waals surface area contributed by atoms with Crippen molar-refractivity contribution in [3.05, 3.63) is 42.5 Å². The lowest BCUT2D eigenvalue weighted by molar-refractivity contribution is -0.118. The van der Waals surface area contributed by atoms with Crippen LogP contribution < -0.4 is 20.1 Å². The molecule has 3 aliphatic rings. The fourth-order valence-corrected chi connectivity index (χ4v) is 5.22. The minimum absolute atomic E-state index is 0.123. The molecule has 1 atom stereocenters. The molecule has 1 amide bonds. The van der Waals surface area contributed by atoms with Crippen LogP contribution in [0.15, 0.2) is 52.3 Å². The van der Waals surface area contributed by atoms with E-state index in [0.29, 0.717) is 19.0 Å². The average Bonchev–Trinajstić information content (AvgIpc) is 3.42. The van der Waals surface area contributed by atoms with Gasteiger partial charge in [-0.2, -0.15) is 0 Å². The molecule has 2 fully saturated rings. The lowest BCUT2D eigenvalue weighted by atomic mass is 9.92. The van der Waals surface area contributed by atoms with Gasteiger partial charge in [0, 0.05) is 27.8 Å². The number of ether oxygens (including phenoxy) is 2. The van der Waals surface area contributed by atoms with Crippen molar-refractivity contribution < 1.29 is 14.3 Å². The third-order valence-corrected chi connectivity index (χ3v) is 7.04. The van der Waals surface area contributed by atoms with Crippen molar-refractivity contribution in [1.82, 2.24) is 5.32 Å². The highest BCUT2D eigenvalue weighted by molar-refractivity contribution is 7.99. The number of rotatable bonds is 4. The van der Waals surface area contributed by atoms with Gasteiger partial charge in [-0.3, -0.25) is 4.79 Å². The molecule has 2 heterocycles. The van der Waals surface area contributed by atoms with Crippen molar-refractivity contribution in [2.75, 3.05) is 31.6 Å². The van der Waals surface area contributed by atoms with Gasteiger partial charge >= 0.3 is 0 Å². The van der Waals surface area contributed by atoms with Gasteiger partial charge in [-0.25, -0.2) is 0 Å². The normalized spacial score (nSPS) is 21.9. The Morgan fingerprint density at radius 1 is 1.07 bits per heavy atom. The SMILES string of the molecule is O=C(Nc1cc2c(cc1Sc1ccccc1)OCCO2)C1CC12CCNCC2. The summed E-state index contributed by atoms with van der Waals surface area (Å²) in [6.07, 6.45) is 3.20. The Labute approximate surface area is 169 Å². The molecule has 1 unspecified atom stereocenters. The fraction of sp³-hybridized carbons (Fsp3) is 0.409. The topological polar surface area (TPSA) is 59.6 Å². The average molecular weight is 397 g/mol. The summed E-state index contributed by atoms with van der Waals surface area (Å²) in [5.41, 5.74) is 1.02. The molecule has 1 saturated carbocycles. The molecule has 2 aliphatic heterocycles. The zero-order chi connectivity index (χ0) is 19.0. The van der Waals surface area contributed by atoms with Crippen LogP contribution in [0.2, 0.25) is 0 Å². The highest BCUT2D eigenvalue weighted by Crippen LogP contribution is 2.59. The van der Waals surface area contributed by atoms with E-state index in [1.807, 2.05) is 30.3 Å². The number of carbonyl (C=O) groups excluding carboxylic acids is 1. The third-order valence-electron chi connectivity index (χ3n) is 5.98. The van der Waals surface area contributed by atoms with Gasteiger partial charge in [0.25, 0.3) is 0 Å². The van der Waals surface area contributed by atoms with Crippen molar-refractivity contribution in [1.29, 1.82) is 0 Å².